The van der Waals surface area contributed by atoms with Crippen LogP contribution in [-0.4, -0.2) is 48.0 Å². The maximum atomic E-state index is 12.7. The van der Waals surface area contributed by atoms with Gasteiger partial charge in [-0.1, -0.05) is 35.5 Å². The normalized spacial score (nSPS) is 16.7. The van der Waals surface area contributed by atoms with Crippen LogP contribution in [0.25, 0.3) is 11.3 Å². The highest BCUT2D eigenvalue weighted by molar-refractivity contribution is 5.93. The van der Waals surface area contributed by atoms with Gasteiger partial charge in [0.25, 0.3) is 5.91 Å². The third-order valence-electron chi connectivity index (χ3n) is 4.31. The molecule has 1 aromatic heterocycles. The molecule has 1 unspecified atom stereocenters. The molecule has 3 N–H and O–H groups in total. The van der Waals surface area contributed by atoms with E-state index in [4.69, 9.17) is 10.3 Å². The minimum Gasteiger partial charge on any atom is -0.355 e. The largest absolute Gasteiger partial charge is 0.355 e. The number of nitrogens with one attached hydrogen (secondary N) is 1. The fourth-order valence-corrected chi connectivity index (χ4v) is 2.99. The van der Waals surface area contributed by atoms with Gasteiger partial charge in [0.15, 0.2) is 11.5 Å². The molecule has 26 heavy (non-hydrogen) atoms. The van der Waals surface area contributed by atoms with Crippen molar-refractivity contribution >= 4 is 24.2 Å². The van der Waals surface area contributed by atoms with Gasteiger partial charge in [-0.05, 0) is 12.8 Å². The highest BCUT2D eigenvalue weighted by Crippen LogP contribution is 2.22. The molecule has 2 amide bonds. The van der Waals surface area contributed by atoms with E-state index in [0.29, 0.717) is 31.9 Å². The van der Waals surface area contributed by atoms with Crippen molar-refractivity contribution in [2.75, 3.05) is 26.2 Å². The second-order valence-electron chi connectivity index (χ2n) is 6.11. The van der Waals surface area contributed by atoms with Crippen LogP contribution in [0.3, 0.4) is 0 Å². The molecule has 0 aliphatic carbocycles. The summed E-state index contributed by atoms with van der Waals surface area (Å²) in [7, 11) is 0. The second-order valence-corrected chi connectivity index (χ2v) is 6.11. The SMILES string of the molecule is Cl.NCCNC(=O)C1CCCN(C(=O)c2cc(-c3ccccc3)on2)C1. The molecule has 2 aromatic rings. The summed E-state index contributed by atoms with van der Waals surface area (Å²) in [4.78, 5) is 26.5. The van der Waals surface area contributed by atoms with Crippen molar-refractivity contribution in [1.82, 2.24) is 15.4 Å². The second kappa shape index (κ2) is 9.35. The average molecular weight is 379 g/mol. The number of hydrogen-bond donors (Lipinski definition) is 2. The summed E-state index contributed by atoms with van der Waals surface area (Å²) in [5, 5.41) is 6.69. The predicted octanol–water partition coefficient (Wildman–Crippen LogP) is 1.69. The lowest BCUT2D eigenvalue weighted by atomic mass is 9.97. The number of hydrogen-bond acceptors (Lipinski definition) is 5. The Bertz CT molecular complexity index is 735. The fourth-order valence-electron chi connectivity index (χ4n) is 2.99. The molecule has 0 bridgehead atoms. The monoisotopic (exact) mass is 378 g/mol. The number of piperidine rings is 1. The van der Waals surface area contributed by atoms with Gasteiger partial charge in [0.05, 0.1) is 5.92 Å². The summed E-state index contributed by atoms with van der Waals surface area (Å²) in [6.45, 7) is 1.87. The third-order valence-corrected chi connectivity index (χ3v) is 4.31. The Labute approximate surface area is 158 Å². The first-order valence-corrected chi connectivity index (χ1v) is 8.48. The first kappa shape index (κ1) is 19.9. The van der Waals surface area contributed by atoms with Crippen molar-refractivity contribution in [3.63, 3.8) is 0 Å². The first-order chi connectivity index (χ1) is 12.2. The molecule has 1 aromatic carbocycles. The van der Waals surface area contributed by atoms with E-state index in [-0.39, 0.29) is 35.8 Å². The van der Waals surface area contributed by atoms with Crippen molar-refractivity contribution in [3.8, 4) is 11.3 Å². The van der Waals surface area contributed by atoms with Crippen LogP contribution in [0.5, 0.6) is 0 Å². The summed E-state index contributed by atoms with van der Waals surface area (Å²) in [5.74, 6) is 0.0956. The molecule has 1 aliphatic rings. The summed E-state index contributed by atoms with van der Waals surface area (Å²) >= 11 is 0. The number of halogens is 1. The Morgan fingerprint density at radius 2 is 2.08 bits per heavy atom. The van der Waals surface area contributed by atoms with Crippen LogP contribution in [0.1, 0.15) is 23.3 Å². The number of rotatable bonds is 5. The van der Waals surface area contributed by atoms with E-state index in [0.717, 1.165) is 18.4 Å². The predicted molar refractivity (Wildman–Crippen MR) is 99.9 cm³/mol. The zero-order valence-corrected chi connectivity index (χ0v) is 15.2. The number of carbonyl (C=O) groups is 2. The smallest absolute Gasteiger partial charge is 0.276 e. The summed E-state index contributed by atoms with van der Waals surface area (Å²) in [6.07, 6.45) is 1.56. The third kappa shape index (κ3) is 4.62. The van der Waals surface area contributed by atoms with E-state index in [9.17, 15) is 9.59 Å². The molecule has 1 atom stereocenters. The maximum absolute atomic E-state index is 12.7. The van der Waals surface area contributed by atoms with Gasteiger partial charge in [0, 0.05) is 37.8 Å². The number of nitrogens with two attached hydrogens (primary N) is 1. The van der Waals surface area contributed by atoms with E-state index in [1.165, 1.54) is 0 Å². The van der Waals surface area contributed by atoms with Gasteiger partial charge in [0.2, 0.25) is 5.91 Å². The van der Waals surface area contributed by atoms with Gasteiger partial charge < -0.3 is 20.5 Å². The molecule has 3 rings (SSSR count). The van der Waals surface area contributed by atoms with Crippen molar-refractivity contribution in [2.24, 2.45) is 11.7 Å². The van der Waals surface area contributed by atoms with Gasteiger partial charge >= 0.3 is 0 Å². The van der Waals surface area contributed by atoms with Crippen molar-refractivity contribution in [1.29, 1.82) is 0 Å². The van der Waals surface area contributed by atoms with Crippen LogP contribution in [0.15, 0.2) is 40.9 Å². The zero-order valence-electron chi connectivity index (χ0n) is 14.4. The van der Waals surface area contributed by atoms with Crippen LogP contribution in [0.4, 0.5) is 0 Å². The molecule has 0 radical (unpaired) electrons. The van der Waals surface area contributed by atoms with E-state index in [1.807, 2.05) is 30.3 Å². The standard InChI is InChI=1S/C18H22N4O3.ClH/c19-8-9-20-17(23)14-7-4-10-22(12-14)18(24)15-11-16(25-21-15)13-5-2-1-3-6-13;/h1-3,5-6,11,14H,4,7-10,12,19H2,(H,20,23);1H. The van der Waals surface area contributed by atoms with Crippen molar-refractivity contribution < 1.29 is 14.1 Å². The number of likely N-dealkylation sites (tertiary alicyclic amines) is 1. The fraction of sp³-hybridized carbons (Fsp3) is 0.389. The van der Waals surface area contributed by atoms with Crippen LogP contribution < -0.4 is 11.1 Å². The Hall–Kier alpha value is -2.38. The lowest BCUT2D eigenvalue weighted by Crippen LogP contribution is -2.46. The Kier molecular flexibility index (Phi) is 7.17. The Morgan fingerprint density at radius 1 is 1.31 bits per heavy atom. The van der Waals surface area contributed by atoms with Gasteiger partial charge in [-0.2, -0.15) is 0 Å². The molecular weight excluding hydrogens is 356 g/mol. The molecule has 7 nitrogen and oxygen atoms in total. The lowest BCUT2D eigenvalue weighted by molar-refractivity contribution is -0.126. The summed E-state index contributed by atoms with van der Waals surface area (Å²) < 4.78 is 5.30. The minimum atomic E-state index is -0.206. The number of amides is 2. The summed E-state index contributed by atoms with van der Waals surface area (Å²) in [6, 6.07) is 11.1. The first-order valence-electron chi connectivity index (χ1n) is 8.48. The van der Waals surface area contributed by atoms with Gasteiger partial charge in [-0.3, -0.25) is 9.59 Å². The highest BCUT2D eigenvalue weighted by atomic mass is 35.5. The van der Waals surface area contributed by atoms with Gasteiger partial charge in [-0.25, -0.2) is 0 Å². The number of aromatic nitrogens is 1. The van der Waals surface area contributed by atoms with Crippen LogP contribution >= 0.6 is 12.4 Å². The van der Waals surface area contributed by atoms with E-state index in [1.54, 1.807) is 11.0 Å². The van der Waals surface area contributed by atoms with Gasteiger partial charge in [0.1, 0.15) is 0 Å². The van der Waals surface area contributed by atoms with Gasteiger partial charge in [-0.15, -0.1) is 12.4 Å². The Morgan fingerprint density at radius 3 is 2.81 bits per heavy atom. The lowest BCUT2D eigenvalue weighted by Gasteiger charge is -2.31. The zero-order chi connectivity index (χ0) is 17.6. The molecular formula is C18H23ClN4O3. The number of nitrogens with zero attached hydrogens (tertiary/aromatic N) is 2. The molecule has 1 saturated heterocycles. The van der Waals surface area contributed by atoms with Crippen LogP contribution in [0.2, 0.25) is 0 Å². The maximum Gasteiger partial charge on any atom is 0.276 e. The highest BCUT2D eigenvalue weighted by Gasteiger charge is 2.30. The minimum absolute atomic E-state index is 0. The topological polar surface area (TPSA) is 101 Å². The Balaban J connectivity index is 0.00000243. The van der Waals surface area contributed by atoms with E-state index >= 15 is 0 Å². The van der Waals surface area contributed by atoms with E-state index in [2.05, 4.69) is 10.5 Å². The van der Waals surface area contributed by atoms with Crippen molar-refractivity contribution in [2.45, 2.75) is 12.8 Å². The van der Waals surface area contributed by atoms with E-state index < -0.39 is 0 Å². The molecule has 8 heteroatoms. The van der Waals surface area contributed by atoms with Crippen molar-refractivity contribution in [3.05, 3.63) is 42.1 Å². The number of benzene rings is 1. The molecule has 0 saturated carbocycles. The molecule has 1 aliphatic heterocycles. The van der Waals surface area contributed by atoms with Crippen LogP contribution in [0, 0.1) is 5.92 Å². The average Bonchev–Trinajstić information content (AvgIpc) is 3.16. The molecule has 0 spiro atoms. The summed E-state index contributed by atoms with van der Waals surface area (Å²) in [5.41, 5.74) is 6.54. The molecule has 2 heterocycles. The molecule has 140 valence electrons. The number of carbonyl (C=O) groups excluding carboxylic acids is 2. The van der Waals surface area contributed by atoms with Crippen LogP contribution in [-0.2, 0) is 4.79 Å². The quantitative estimate of drug-likeness (QED) is 0.824. The molecule has 1 fully saturated rings.